The quantitative estimate of drug-likeness (QED) is 0.865. The Balaban J connectivity index is 2.78. The molecule has 0 heterocycles. The average Bonchev–Trinajstić information content (AvgIpc) is 2.22. The van der Waals surface area contributed by atoms with Crippen molar-refractivity contribution in [3.63, 3.8) is 0 Å². The summed E-state index contributed by atoms with van der Waals surface area (Å²) in [6.45, 7) is 15.0. The monoisotopic (exact) mass is 296 g/mol. The first-order chi connectivity index (χ1) is 8.98. The SMILES string of the molecule is CN(CC(C)(C)C)c1ccc(CNC(C)(C)C)cc1Cl. The summed E-state index contributed by atoms with van der Waals surface area (Å²) in [7, 11) is 2.10. The highest BCUT2D eigenvalue weighted by molar-refractivity contribution is 6.33. The Labute approximate surface area is 129 Å². The minimum absolute atomic E-state index is 0.119. The van der Waals surface area contributed by atoms with Gasteiger partial charge < -0.3 is 10.2 Å². The normalized spacial score (nSPS) is 12.6. The number of nitrogens with zero attached hydrogens (tertiary/aromatic N) is 1. The summed E-state index contributed by atoms with van der Waals surface area (Å²) in [4.78, 5) is 2.23. The van der Waals surface area contributed by atoms with Gasteiger partial charge in [-0.25, -0.2) is 0 Å². The van der Waals surface area contributed by atoms with Crippen molar-refractivity contribution in [2.24, 2.45) is 5.41 Å². The molecule has 0 amide bonds. The zero-order chi connectivity index (χ0) is 15.6. The van der Waals surface area contributed by atoms with Crippen LogP contribution < -0.4 is 10.2 Å². The molecule has 0 atom stereocenters. The maximum absolute atomic E-state index is 6.43. The summed E-state index contributed by atoms with van der Waals surface area (Å²) in [5, 5.41) is 4.30. The van der Waals surface area contributed by atoms with Crippen LogP contribution in [0.3, 0.4) is 0 Å². The van der Waals surface area contributed by atoms with Crippen LogP contribution in [0.2, 0.25) is 5.02 Å². The number of rotatable bonds is 4. The maximum atomic E-state index is 6.43. The predicted molar refractivity (Wildman–Crippen MR) is 90.8 cm³/mol. The Morgan fingerprint density at radius 1 is 1.10 bits per heavy atom. The van der Waals surface area contributed by atoms with E-state index in [4.69, 9.17) is 11.6 Å². The van der Waals surface area contributed by atoms with Crippen molar-refractivity contribution in [3.05, 3.63) is 28.8 Å². The van der Waals surface area contributed by atoms with E-state index in [0.29, 0.717) is 0 Å². The Morgan fingerprint density at radius 3 is 2.15 bits per heavy atom. The van der Waals surface area contributed by atoms with E-state index in [2.05, 4.69) is 77.0 Å². The molecule has 0 bridgehead atoms. The summed E-state index contributed by atoms with van der Waals surface area (Å²) < 4.78 is 0. The molecule has 1 N–H and O–H groups in total. The van der Waals surface area contributed by atoms with Crippen molar-refractivity contribution in [2.45, 2.75) is 53.6 Å². The summed E-state index contributed by atoms with van der Waals surface area (Å²) in [5.41, 5.74) is 2.69. The average molecular weight is 297 g/mol. The lowest BCUT2D eigenvalue weighted by atomic mass is 9.96. The highest BCUT2D eigenvalue weighted by Gasteiger charge is 2.16. The molecule has 0 saturated carbocycles. The molecule has 114 valence electrons. The number of halogens is 1. The van der Waals surface area contributed by atoms with Gasteiger partial charge in [-0.1, -0.05) is 38.4 Å². The van der Waals surface area contributed by atoms with Gasteiger partial charge in [0.2, 0.25) is 0 Å². The Kier molecular flexibility index (Phi) is 5.51. The first kappa shape index (κ1) is 17.3. The zero-order valence-corrected chi connectivity index (χ0v) is 14.7. The Bertz CT molecular complexity index is 441. The molecular weight excluding hydrogens is 268 g/mol. The molecule has 0 aromatic heterocycles. The summed E-state index contributed by atoms with van der Waals surface area (Å²) >= 11 is 6.43. The molecule has 0 saturated heterocycles. The second-order valence-electron chi connectivity index (χ2n) is 7.81. The molecule has 0 aliphatic carbocycles. The van der Waals surface area contributed by atoms with Crippen molar-refractivity contribution in [3.8, 4) is 0 Å². The molecule has 0 aliphatic rings. The second-order valence-corrected chi connectivity index (χ2v) is 8.21. The predicted octanol–water partition coefficient (Wildman–Crippen LogP) is 4.71. The third-order valence-electron chi connectivity index (χ3n) is 2.96. The van der Waals surface area contributed by atoms with Crippen LogP contribution in [-0.4, -0.2) is 19.1 Å². The fourth-order valence-electron chi connectivity index (χ4n) is 2.13. The van der Waals surface area contributed by atoms with Gasteiger partial charge >= 0.3 is 0 Å². The molecule has 0 radical (unpaired) electrons. The summed E-state index contributed by atoms with van der Waals surface area (Å²) in [6, 6.07) is 6.33. The minimum atomic E-state index is 0.119. The van der Waals surface area contributed by atoms with Gasteiger partial charge in [-0.2, -0.15) is 0 Å². The smallest absolute Gasteiger partial charge is 0.0642 e. The van der Waals surface area contributed by atoms with Crippen LogP contribution in [0, 0.1) is 5.41 Å². The number of benzene rings is 1. The van der Waals surface area contributed by atoms with Gasteiger partial charge in [0.15, 0.2) is 0 Å². The molecule has 0 aliphatic heterocycles. The van der Waals surface area contributed by atoms with Crippen molar-refractivity contribution in [1.82, 2.24) is 5.32 Å². The third-order valence-corrected chi connectivity index (χ3v) is 3.26. The van der Waals surface area contributed by atoms with Crippen molar-refractivity contribution >= 4 is 17.3 Å². The second kappa shape index (κ2) is 6.36. The molecular formula is C17H29ClN2. The lowest BCUT2D eigenvalue weighted by Crippen LogP contribution is -2.35. The third kappa shape index (κ3) is 6.15. The highest BCUT2D eigenvalue weighted by atomic mass is 35.5. The molecule has 0 spiro atoms. The summed E-state index contributed by atoms with van der Waals surface area (Å²) in [6.07, 6.45) is 0. The van der Waals surface area contributed by atoms with Crippen molar-refractivity contribution in [2.75, 3.05) is 18.5 Å². The van der Waals surface area contributed by atoms with Gasteiger partial charge in [0.1, 0.15) is 0 Å². The molecule has 2 nitrogen and oxygen atoms in total. The molecule has 1 aromatic rings. The number of anilines is 1. The fraction of sp³-hybridized carbons (Fsp3) is 0.647. The highest BCUT2D eigenvalue weighted by Crippen LogP contribution is 2.28. The lowest BCUT2D eigenvalue weighted by Gasteiger charge is -2.29. The molecule has 0 unspecified atom stereocenters. The van der Waals surface area contributed by atoms with Gasteiger partial charge in [-0.05, 0) is 43.9 Å². The minimum Gasteiger partial charge on any atom is -0.373 e. The standard InChI is InChI=1S/C17H29ClN2/c1-16(2,3)12-20(7)15-9-8-13(10-14(15)18)11-19-17(4,5)6/h8-10,19H,11-12H2,1-7H3. The number of hydrogen-bond donors (Lipinski definition) is 1. The van der Waals surface area contributed by atoms with Crippen LogP contribution in [0.25, 0.3) is 0 Å². The maximum Gasteiger partial charge on any atom is 0.0642 e. The van der Waals surface area contributed by atoms with Gasteiger partial charge in [-0.3, -0.25) is 0 Å². The fourth-order valence-corrected chi connectivity index (χ4v) is 2.48. The first-order valence-corrected chi connectivity index (χ1v) is 7.60. The van der Waals surface area contributed by atoms with E-state index >= 15 is 0 Å². The first-order valence-electron chi connectivity index (χ1n) is 7.22. The van der Waals surface area contributed by atoms with Gasteiger partial charge in [0.25, 0.3) is 0 Å². The number of hydrogen-bond acceptors (Lipinski definition) is 2. The Hall–Kier alpha value is -0.730. The molecule has 20 heavy (non-hydrogen) atoms. The van der Waals surface area contributed by atoms with E-state index in [1.807, 2.05) is 0 Å². The van der Waals surface area contributed by atoms with Crippen molar-refractivity contribution in [1.29, 1.82) is 0 Å². The van der Waals surface area contributed by atoms with Crippen LogP contribution in [0.5, 0.6) is 0 Å². The molecule has 0 fully saturated rings. The molecule has 3 heteroatoms. The van der Waals surface area contributed by atoms with Crippen LogP contribution in [0.4, 0.5) is 5.69 Å². The van der Waals surface area contributed by atoms with E-state index in [1.165, 1.54) is 5.56 Å². The van der Waals surface area contributed by atoms with Crippen LogP contribution in [0.1, 0.15) is 47.1 Å². The topological polar surface area (TPSA) is 15.3 Å². The van der Waals surface area contributed by atoms with Crippen molar-refractivity contribution < 1.29 is 0 Å². The summed E-state index contributed by atoms with van der Waals surface area (Å²) in [5.74, 6) is 0. The van der Waals surface area contributed by atoms with E-state index < -0.39 is 0 Å². The van der Waals surface area contributed by atoms with Crippen LogP contribution >= 0.6 is 11.6 Å². The van der Waals surface area contributed by atoms with Crippen LogP contribution in [-0.2, 0) is 6.54 Å². The van der Waals surface area contributed by atoms with E-state index in [0.717, 1.165) is 23.8 Å². The zero-order valence-electron chi connectivity index (χ0n) is 14.0. The largest absolute Gasteiger partial charge is 0.373 e. The van der Waals surface area contributed by atoms with Gasteiger partial charge in [0, 0.05) is 25.7 Å². The Morgan fingerprint density at radius 2 is 1.70 bits per heavy atom. The van der Waals surface area contributed by atoms with E-state index in [9.17, 15) is 0 Å². The molecule has 1 rings (SSSR count). The number of nitrogens with one attached hydrogen (secondary N) is 1. The van der Waals surface area contributed by atoms with E-state index in [1.54, 1.807) is 0 Å². The van der Waals surface area contributed by atoms with Gasteiger partial charge in [-0.15, -0.1) is 0 Å². The van der Waals surface area contributed by atoms with E-state index in [-0.39, 0.29) is 11.0 Å². The molecule has 1 aromatic carbocycles. The van der Waals surface area contributed by atoms with Gasteiger partial charge in [0.05, 0.1) is 10.7 Å². The lowest BCUT2D eigenvalue weighted by molar-refractivity contribution is 0.418. The van der Waals surface area contributed by atoms with Crippen LogP contribution in [0.15, 0.2) is 18.2 Å².